The smallest absolute Gasteiger partial charge is 0.335 e. The van der Waals surface area contributed by atoms with E-state index in [0.717, 1.165) is 12.1 Å². The van der Waals surface area contributed by atoms with Crippen molar-refractivity contribution in [3.63, 3.8) is 0 Å². The average Bonchev–Trinajstić information content (AvgIpc) is 2.48. The SMILES string of the molecule is Cc1ccc(C2CC(NCc3ccc(C(=O)O)cc3)C2)cc1. The fraction of sp³-hybridized carbons (Fsp3) is 0.316. The molecule has 0 aromatic heterocycles. The molecule has 0 saturated heterocycles. The van der Waals surface area contributed by atoms with Crippen LogP contribution in [0.25, 0.3) is 0 Å². The van der Waals surface area contributed by atoms with Crippen LogP contribution in [-0.4, -0.2) is 17.1 Å². The zero-order chi connectivity index (χ0) is 15.5. The van der Waals surface area contributed by atoms with E-state index in [9.17, 15) is 4.79 Å². The second-order valence-corrected chi connectivity index (χ2v) is 6.16. The molecule has 2 aromatic rings. The number of benzene rings is 2. The molecule has 3 nitrogen and oxygen atoms in total. The minimum absolute atomic E-state index is 0.340. The number of aromatic carboxylic acids is 1. The van der Waals surface area contributed by atoms with Crippen molar-refractivity contribution in [2.75, 3.05) is 0 Å². The monoisotopic (exact) mass is 295 g/mol. The van der Waals surface area contributed by atoms with Crippen LogP contribution >= 0.6 is 0 Å². The van der Waals surface area contributed by atoms with E-state index >= 15 is 0 Å². The van der Waals surface area contributed by atoms with Gasteiger partial charge in [0.25, 0.3) is 0 Å². The molecule has 3 rings (SSSR count). The van der Waals surface area contributed by atoms with E-state index in [2.05, 4.69) is 36.5 Å². The van der Waals surface area contributed by atoms with Gasteiger partial charge in [-0.15, -0.1) is 0 Å². The number of hydrogen-bond acceptors (Lipinski definition) is 2. The topological polar surface area (TPSA) is 49.3 Å². The number of nitrogens with one attached hydrogen (secondary N) is 1. The average molecular weight is 295 g/mol. The highest BCUT2D eigenvalue weighted by atomic mass is 16.4. The van der Waals surface area contributed by atoms with Crippen molar-refractivity contribution < 1.29 is 9.90 Å². The molecule has 22 heavy (non-hydrogen) atoms. The molecule has 0 aliphatic heterocycles. The summed E-state index contributed by atoms with van der Waals surface area (Å²) in [6.45, 7) is 2.91. The standard InChI is InChI=1S/C19H21NO2/c1-13-2-6-15(7-3-13)17-10-18(11-17)20-12-14-4-8-16(9-5-14)19(21)22/h2-9,17-18,20H,10-12H2,1H3,(H,21,22). The molecule has 0 atom stereocenters. The van der Waals surface area contributed by atoms with Crippen LogP contribution in [-0.2, 0) is 6.54 Å². The van der Waals surface area contributed by atoms with Crippen molar-refractivity contribution in [2.24, 2.45) is 0 Å². The molecule has 2 aromatic carbocycles. The highest BCUT2D eigenvalue weighted by Crippen LogP contribution is 2.36. The Balaban J connectivity index is 1.46. The fourth-order valence-corrected chi connectivity index (χ4v) is 2.92. The number of carbonyl (C=O) groups is 1. The largest absolute Gasteiger partial charge is 0.478 e. The van der Waals surface area contributed by atoms with Crippen LogP contribution in [0, 0.1) is 6.92 Å². The van der Waals surface area contributed by atoms with Crippen molar-refractivity contribution in [3.8, 4) is 0 Å². The Kier molecular flexibility index (Phi) is 4.25. The summed E-state index contributed by atoms with van der Waals surface area (Å²) >= 11 is 0. The number of aryl methyl sites for hydroxylation is 1. The highest BCUT2D eigenvalue weighted by Gasteiger charge is 2.29. The second-order valence-electron chi connectivity index (χ2n) is 6.16. The molecule has 1 aliphatic rings. The van der Waals surface area contributed by atoms with Gasteiger partial charge in [0, 0.05) is 12.6 Å². The maximum atomic E-state index is 10.8. The molecule has 0 amide bonds. The van der Waals surface area contributed by atoms with Gasteiger partial charge in [-0.05, 0) is 48.9 Å². The van der Waals surface area contributed by atoms with Gasteiger partial charge in [0.05, 0.1) is 5.56 Å². The summed E-state index contributed by atoms with van der Waals surface area (Å²) in [5, 5.41) is 12.4. The number of carboxylic acids is 1. The lowest BCUT2D eigenvalue weighted by atomic mass is 9.75. The normalized spacial score (nSPS) is 20.4. The van der Waals surface area contributed by atoms with Crippen molar-refractivity contribution in [2.45, 2.75) is 38.3 Å². The Morgan fingerprint density at radius 2 is 1.73 bits per heavy atom. The van der Waals surface area contributed by atoms with Crippen LogP contribution in [0.2, 0.25) is 0 Å². The molecule has 1 fully saturated rings. The lowest BCUT2D eigenvalue weighted by molar-refractivity contribution is 0.0697. The van der Waals surface area contributed by atoms with E-state index < -0.39 is 5.97 Å². The van der Waals surface area contributed by atoms with Gasteiger partial charge in [0.1, 0.15) is 0 Å². The number of carboxylic acid groups (broad SMARTS) is 1. The van der Waals surface area contributed by atoms with Crippen molar-refractivity contribution in [1.82, 2.24) is 5.32 Å². The zero-order valence-corrected chi connectivity index (χ0v) is 12.8. The lowest BCUT2D eigenvalue weighted by Crippen LogP contribution is -2.39. The highest BCUT2D eigenvalue weighted by molar-refractivity contribution is 5.87. The first-order valence-corrected chi connectivity index (χ1v) is 7.74. The van der Waals surface area contributed by atoms with E-state index in [1.807, 2.05) is 12.1 Å². The van der Waals surface area contributed by atoms with Gasteiger partial charge >= 0.3 is 5.97 Å². The van der Waals surface area contributed by atoms with Crippen molar-refractivity contribution in [3.05, 3.63) is 70.8 Å². The fourth-order valence-electron chi connectivity index (χ4n) is 2.92. The molecular formula is C19H21NO2. The predicted octanol–water partition coefficient (Wildman–Crippen LogP) is 3.73. The predicted molar refractivity (Wildman–Crippen MR) is 87.2 cm³/mol. The molecule has 2 N–H and O–H groups in total. The Hall–Kier alpha value is -2.13. The Morgan fingerprint density at radius 1 is 1.09 bits per heavy atom. The van der Waals surface area contributed by atoms with Gasteiger partial charge in [-0.2, -0.15) is 0 Å². The minimum atomic E-state index is -0.876. The number of hydrogen-bond donors (Lipinski definition) is 2. The zero-order valence-electron chi connectivity index (χ0n) is 12.8. The molecular weight excluding hydrogens is 274 g/mol. The van der Waals surface area contributed by atoms with E-state index in [-0.39, 0.29) is 0 Å². The Bertz CT molecular complexity index is 640. The maximum absolute atomic E-state index is 10.8. The van der Waals surface area contributed by atoms with Crippen LogP contribution in [0.1, 0.15) is 45.8 Å². The van der Waals surface area contributed by atoms with Gasteiger partial charge in [-0.3, -0.25) is 0 Å². The van der Waals surface area contributed by atoms with E-state index in [4.69, 9.17) is 5.11 Å². The minimum Gasteiger partial charge on any atom is -0.478 e. The van der Waals surface area contributed by atoms with Crippen LogP contribution in [0.15, 0.2) is 48.5 Å². The van der Waals surface area contributed by atoms with Gasteiger partial charge in [-0.1, -0.05) is 42.0 Å². The maximum Gasteiger partial charge on any atom is 0.335 e. The summed E-state index contributed by atoms with van der Waals surface area (Å²) in [5.41, 5.74) is 4.22. The van der Waals surface area contributed by atoms with Crippen molar-refractivity contribution >= 4 is 5.97 Å². The van der Waals surface area contributed by atoms with Crippen LogP contribution in [0.5, 0.6) is 0 Å². The van der Waals surface area contributed by atoms with Gasteiger partial charge in [0.15, 0.2) is 0 Å². The first-order chi connectivity index (χ1) is 10.6. The second kappa shape index (κ2) is 6.32. The Labute approximate surface area is 131 Å². The summed E-state index contributed by atoms with van der Waals surface area (Å²) in [7, 11) is 0. The van der Waals surface area contributed by atoms with E-state index in [0.29, 0.717) is 17.5 Å². The molecule has 0 bridgehead atoms. The van der Waals surface area contributed by atoms with Crippen LogP contribution in [0.3, 0.4) is 0 Å². The summed E-state index contributed by atoms with van der Waals surface area (Å²) < 4.78 is 0. The lowest BCUT2D eigenvalue weighted by Gasteiger charge is -2.36. The molecule has 0 spiro atoms. The molecule has 114 valence electrons. The molecule has 1 saturated carbocycles. The molecule has 0 radical (unpaired) electrons. The van der Waals surface area contributed by atoms with Gasteiger partial charge < -0.3 is 10.4 Å². The quantitative estimate of drug-likeness (QED) is 0.883. The Morgan fingerprint density at radius 3 is 2.32 bits per heavy atom. The van der Waals surface area contributed by atoms with Crippen molar-refractivity contribution in [1.29, 1.82) is 0 Å². The van der Waals surface area contributed by atoms with E-state index in [1.54, 1.807) is 12.1 Å². The molecule has 3 heteroatoms. The van der Waals surface area contributed by atoms with Gasteiger partial charge in [-0.25, -0.2) is 4.79 Å². The summed E-state index contributed by atoms with van der Waals surface area (Å²) in [5.74, 6) is -0.202. The van der Waals surface area contributed by atoms with E-state index in [1.165, 1.54) is 24.0 Å². The van der Waals surface area contributed by atoms with Gasteiger partial charge in [0.2, 0.25) is 0 Å². The third kappa shape index (κ3) is 3.37. The number of rotatable bonds is 5. The molecule has 1 aliphatic carbocycles. The first kappa shape index (κ1) is 14.8. The molecule has 0 heterocycles. The summed E-state index contributed by atoms with van der Waals surface area (Å²) in [6, 6.07) is 16.5. The summed E-state index contributed by atoms with van der Waals surface area (Å²) in [6.07, 6.45) is 2.35. The first-order valence-electron chi connectivity index (χ1n) is 7.74. The van der Waals surface area contributed by atoms with Crippen LogP contribution < -0.4 is 5.32 Å². The third-order valence-corrected chi connectivity index (χ3v) is 4.48. The third-order valence-electron chi connectivity index (χ3n) is 4.48. The summed E-state index contributed by atoms with van der Waals surface area (Å²) in [4.78, 5) is 10.8. The molecule has 0 unspecified atom stereocenters. The van der Waals surface area contributed by atoms with Crippen LogP contribution in [0.4, 0.5) is 0 Å².